The van der Waals surface area contributed by atoms with Gasteiger partial charge in [-0.1, -0.05) is 0 Å². The van der Waals surface area contributed by atoms with Crippen LogP contribution in [0, 0.1) is 11.8 Å². The second kappa shape index (κ2) is 21.8. The first-order chi connectivity index (χ1) is 1.00. The molecule has 14 valence electrons. The van der Waals surface area contributed by atoms with Crippen molar-refractivity contribution in [1.82, 2.24) is 0 Å². The molecule has 0 aliphatic heterocycles. The summed E-state index contributed by atoms with van der Waals surface area (Å²) in [6, 6.07) is 0. The van der Waals surface area contributed by atoms with Crippen LogP contribution in [0.1, 0.15) is 1.43 Å². The van der Waals surface area contributed by atoms with Gasteiger partial charge in [0.05, 0.1) is 0 Å². The Balaban J connectivity index is -0.00000000167. The molecule has 0 bridgehead atoms. The molecule has 0 N–H and O–H groups in total. The van der Waals surface area contributed by atoms with Crippen LogP contribution in [0.4, 0.5) is 0 Å². The van der Waals surface area contributed by atoms with Gasteiger partial charge in [0.1, 0.15) is 0 Å². The van der Waals surface area contributed by atoms with E-state index in [4.69, 9.17) is 5.26 Å². The predicted molar refractivity (Wildman–Crippen MR) is 7.78 cm³/mol. The standard InChI is InChI=1S/CHN.K.Zn.H/c1-2;;;/h1H;;;/q;+1;;-1. The number of hydrogen-bond donors (Lipinski definition) is 0. The van der Waals surface area contributed by atoms with Crippen molar-refractivity contribution in [3.05, 3.63) is 0 Å². The molecule has 0 rings (SSSR count). The molecule has 1 nitrogen and oxygen atoms in total. The van der Waals surface area contributed by atoms with Gasteiger partial charge < -0.3 is 1.43 Å². The first-order valence-electron chi connectivity index (χ1n) is 0.258. The van der Waals surface area contributed by atoms with Crippen LogP contribution in [0.5, 0.6) is 0 Å². The zero-order valence-corrected chi connectivity index (χ0v) is 8.82. The van der Waals surface area contributed by atoms with E-state index in [0.29, 0.717) is 0 Å². The molecule has 0 aromatic heterocycles. The first kappa shape index (κ1) is 17.2. The van der Waals surface area contributed by atoms with E-state index in [-0.39, 0.29) is 72.3 Å². The maximum atomic E-state index is 6.50. The van der Waals surface area contributed by atoms with Gasteiger partial charge in [0.15, 0.2) is 0 Å². The van der Waals surface area contributed by atoms with Gasteiger partial charge in [-0.25, -0.2) is 5.26 Å². The molecule has 0 amide bonds. The fourth-order valence-corrected chi connectivity index (χ4v) is 0. The van der Waals surface area contributed by atoms with E-state index in [0.717, 1.165) is 0 Å². The molecule has 0 aliphatic carbocycles. The summed E-state index contributed by atoms with van der Waals surface area (Å²) < 4.78 is 0. The van der Waals surface area contributed by atoms with Gasteiger partial charge in [-0.2, -0.15) is 0 Å². The van der Waals surface area contributed by atoms with E-state index in [9.17, 15) is 0 Å². The Kier molecular flexibility index (Phi) is 93.6. The van der Waals surface area contributed by atoms with Crippen molar-refractivity contribution in [3.63, 3.8) is 0 Å². The van der Waals surface area contributed by atoms with Crippen molar-refractivity contribution in [2.24, 2.45) is 0 Å². The molecule has 4 heavy (non-hydrogen) atoms. The quantitative estimate of drug-likeness (QED) is 0.328. The minimum absolute atomic E-state index is 0. The summed E-state index contributed by atoms with van der Waals surface area (Å²) in [7, 11) is 0. The molecule has 0 spiro atoms. The summed E-state index contributed by atoms with van der Waals surface area (Å²) in [4.78, 5) is 0. The third kappa shape index (κ3) is 9.26. The molecule has 0 aromatic rings. The summed E-state index contributed by atoms with van der Waals surface area (Å²) >= 11 is 0. The molecule has 0 saturated heterocycles. The second-order valence-electron chi connectivity index (χ2n) is 0. The van der Waals surface area contributed by atoms with Crippen LogP contribution < -0.4 is 51.4 Å². The van der Waals surface area contributed by atoms with Crippen molar-refractivity contribution in [2.45, 2.75) is 0 Å². The van der Waals surface area contributed by atoms with Gasteiger partial charge in [-0.3, -0.25) is 0 Å². The maximum absolute atomic E-state index is 6.50. The SMILES string of the molecule is C#N.[H-].[K+].[Zn]. The number of hydrogen-bond acceptors (Lipinski definition) is 1. The number of nitrogens with zero attached hydrogens (tertiary/aromatic N) is 1. The third-order valence-corrected chi connectivity index (χ3v) is 0. The molecule has 0 atom stereocenters. The Morgan fingerprint density at radius 2 is 1.50 bits per heavy atom. The second-order valence-corrected chi connectivity index (χ2v) is 0. The molecule has 0 radical (unpaired) electrons. The van der Waals surface area contributed by atoms with Crippen LogP contribution in [0.2, 0.25) is 0 Å². The van der Waals surface area contributed by atoms with Crippen molar-refractivity contribution in [1.29, 1.82) is 5.26 Å². The smallest absolute Gasteiger partial charge is 1.00 e. The Bertz CT molecular complexity index is 16.4. The summed E-state index contributed by atoms with van der Waals surface area (Å²) in [5.74, 6) is 0. The fourth-order valence-electron chi connectivity index (χ4n) is 0. The average Bonchev–Trinajstić information content (AvgIpc) is 1.00. The molecule has 3 heteroatoms. The van der Waals surface area contributed by atoms with Crippen molar-refractivity contribution < 1.29 is 72.3 Å². The Morgan fingerprint density at radius 1 is 1.50 bits per heavy atom. The van der Waals surface area contributed by atoms with E-state index in [1.54, 1.807) is 0 Å². The monoisotopic (exact) mass is 131 g/mol. The van der Waals surface area contributed by atoms with E-state index in [1.807, 2.05) is 0 Å². The Labute approximate surface area is 82.4 Å². The van der Waals surface area contributed by atoms with Crippen molar-refractivity contribution in [3.8, 4) is 6.57 Å². The van der Waals surface area contributed by atoms with Crippen LogP contribution in [-0.4, -0.2) is 0 Å². The zero-order valence-electron chi connectivity index (χ0n) is 3.73. The largest absolute Gasteiger partial charge is 1.00 e. The van der Waals surface area contributed by atoms with Crippen LogP contribution in [0.3, 0.4) is 0 Å². The van der Waals surface area contributed by atoms with Crippen LogP contribution in [0.15, 0.2) is 0 Å². The minimum atomic E-state index is 0. The van der Waals surface area contributed by atoms with Gasteiger partial charge in [0, 0.05) is 26.1 Å². The third-order valence-electron chi connectivity index (χ3n) is 0. The zero-order chi connectivity index (χ0) is 2.00. The average molecular weight is 133 g/mol. The molecule has 0 unspecified atom stereocenters. The van der Waals surface area contributed by atoms with Crippen LogP contribution >= 0.6 is 0 Å². The molecular formula is CH2KNZn. The van der Waals surface area contributed by atoms with E-state index in [2.05, 4.69) is 6.57 Å². The van der Waals surface area contributed by atoms with Gasteiger partial charge in [-0.05, 0) is 0 Å². The summed E-state index contributed by atoms with van der Waals surface area (Å²) in [6.45, 7) is 3.50. The van der Waals surface area contributed by atoms with E-state index in [1.165, 1.54) is 0 Å². The van der Waals surface area contributed by atoms with Gasteiger partial charge >= 0.3 is 51.4 Å². The molecule has 0 heterocycles. The maximum Gasteiger partial charge on any atom is 1.00 e. The normalized spacial score (nSPS) is 0.500. The van der Waals surface area contributed by atoms with Gasteiger partial charge in [0.25, 0.3) is 0 Å². The number of nitriles is 1. The molecule has 0 fully saturated rings. The van der Waals surface area contributed by atoms with E-state index < -0.39 is 0 Å². The van der Waals surface area contributed by atoms with Gasteiger partial charge in [0.2, 0.25) is 0 Å². The van der Waals surface area contributed by atoms with Crippen molar-refractivity contribution >= 4 is 0 Å². The van der Waals surface area contributed by atoms with Gasteiger partial charge in [-0.15, -0.1) is 0 Å². The molecule has 0 aliphatic rings. The summed E-state index contributed by atoms with van der Waals surface area (Å²) in [6.07, 6.45) is 0. The Hall–Kier alpha value is 1.75. The fraction of sp³-hybridized carbons (Fsp3) is 0. The number of rotatable bonds is 0. The first-order valence-corrected chi connectivity index (χ1v) is 0.258. The topological polar surface area (TPSA) is 23.8 Å². The summed E-state index contributed by atoms with van der Waals surface area (Å²) in [5, 5.41) is 6.50. The Morgan fingerprint density at radius 3 is 1.50 bits per heavy atom. The molecule has 0 aromatic carbocycles. The minimum Gasteiger partial charge on any atom is -1.00 e. The molecule has 0 saturated carbocycles. The molecular weight excluding hydrogens is 131 g/mol. The van der Waals surface area contributed by atoms with Crippen LogP contribution in [-0.2, 0) is 19.5 Å². The van der Waals surface area contributed by atoms with E-state index >= 15 is 0 Å². The predicted octanol–water partition coefficient (Wildman–Crippen LogP) is -2.75. The summed E-state index contributed by atoms with van der Waals surface area (Å²) in [5.41, 5.74) is 0. The van der Waals surface area contributed by atoms with Crippen molar-refractivity contribution in [2.75, 3.05) is 0 Å². The van der Waals surface area contributed by atoms with Crippen LogP contribution in [0.25, 0.3) is 0 Å².